The molecular formula is C17H19N3O2. The molecule has 0 amide bonds. The Balaban J connectivity index is 1.76. The van der Waals surface area contributed by atoms with E-state index in [-0.39, 0.29) is 6.54 Å². The Bertz CT molecular complexity index is 718. The van der Waals surface area contributed by atoms with E-state index in [1.54, 1.807) is 0 Å². The van der Waals surface area contributed by atoms with Crippen LogP contribution >= 0.6 is 0 Å². The van der Waals surface area contributed by atoms with E-state index in [2.05, 4.69) is 30.2 Å². The van der Waals surface area contributed by atoms with Gasteiger partial charge in [-0.1, -0.05) is 24.3 Å². The van der Waals surface area contributed by atoms with Crippen LogP contribution in [0, 0.1) is 6.92 Å². The molecule has 2 heterocycles. The third-order valence-electron chi connectivity index (χ3n) is 3.97. The lowest BCUT2D eigenvalue weighted by molar-refractivity contribution is -0.138. The number of rotatable bonds is 4. The normalized spacial score (nSPS) is 15.6. The number of nitrogens with zero attached hydrogens (tertiary/aromatic N) is 3. The minimum Gasteiger partial charge on any atom is -0.480 e. The van der Waals surface area contributed by atoms with E-state index in [9.17, 15) is 4.79 Å². The Morgan fingerprint density at radius 2 is 2.18 bits per heavy atom. The molecule has 1 N–H and O–H groups in total. The molecule has 2 aromatic rings. The molecule has 0 fully saturated rings. The van der Waals surface area contributed by atoms with Crippen molar-refractivity contribution >= 4 is 11.5 Å². The molecule has 1 aliphatic heterocycles. The van der Waals surface area contributed by atoms with E-state index in [4.69, 9.17) is 5.11 Å². The fourth-order valence-corrected chi connectivity index (χ4v) is 2.75. The summed E-state index contributed by atoms with van der Waals surface area (Å²) >= 11 is 0. The summed E-state index contributed by atoms with van der Waals surface area (Å²) < 4.78 is 1.90. The van der Waals surface area contributed by atoms with Gasteiger partial charge in [-0.25, -0.2) is 4.68 Å². The van der Waals surface area contributed by atoms with Crippen LogP contribution in [0.2, 0.25) is 0 Å². The largest absolute Gasteiger partial charge is 0.480 e. The minimum absolute atomic E-state index is 0.103. The summed E-state index contributed by atoms with van der Waals surface area (Å²) in [7, 11) is 0. The molecule has 5 heteroatoms. The Hall–Kier alpha value is -2.40. The predicted octanol–water partition coefficient (Wildman–Crippen LogP) is 2.35. The van der Waals surface area contributed by atoms with Gasteiger partial charge in [0.1, 0.15) is 0 Å². The Labute approximate surface area is 129 Å². The van der Waals surface area contributed by atoms with E-state index >= 15 is 0 Å². The number of carboxylic acid groups (broad SMARTS) is 1. The smallest absolute Gasteiger partial charge is 0.317 e. The first-order valence-electron chi connectivity index (χ1n) is 7.38. The van der Waals surface area contributed by atoms with E-state index < -0.39 is 5.97 Å². The average Bonchev–Trinajstić information content (AvgIpc) is 2.97. The van der Waals surface area contributed by atoms with Gasteiger partial charge < -0.3 is 5.11 Å². The van der Waals surface area contributed by atoms with Crippen LogP contribution in [-0.4, -0.2) is 45.4 Å². The zero-order valence-corrected chi connectivity index (χ0v) is 12.6. The van der Waals surface area contributed by atoms with Crippen LogP contribution in [0.15, 0.2) is 42.7 Å². The third-order valence-corrected chi connectivity index (χ3v) is 3.97. The molecule has 0 spiro atoms. The molecule has 1 aromatic heterocycles. The summed E-state index contributed by atoms with van der Waals surface area (Å²) in [5.41, 5.74) is 4.61. The second-order valence-corrected chi connectivity index (χ2v) is 5.57. The molecule has 1 aromatic carbocycles. The highest BCUT2D eigenvalue weighted by atomic mass is 16.4. The van der Waals surface area contributed by atoms with Gasteiger partial charge in [0.05, 0.1) is 18.4 Å². The second-order valence-electron chi connectivity index (χ2n) is 5.57. The fraction of sp³-hybridized carbons (Fsp3) is 0.294. The SMILES string of the molecule is Cc1ccccc1-n1cc(C2=CCN(CC(=O)O)CC2)cn1. The number of aliphatic carboxylic acids is 1. The van der Waals surface area contributed by atoms with Crippen molar-refractivity contribution in [3.63, 3.8) is 0 Å². The van der Waals surface area contributed by atoms with Gasteiger partial charge in [0.15, 0.2) is 0 Å². The van der Waals surface area contributed by atoms with E-state index in [1.807, 2.05) is 34.1 Å². The van der Waals surface area contributed by atoms with E-state index in [1.165, 1.54) is 11.1 Å². The van der Waals surface area contributed by atoms with Gasteiger partial charge >= 0.3 is 5.97 Å². The highest BCUT2D eigenvalue weighted by Crippen LogP contribution is 2.23. The molecule has 0 radical (unpaired) electrons. The number of carbonyl (C=O) groups is 1. The second kappa shape index (κ2) is 6.15. The summed E-state index contributed by atoms with van der Waals surface area (Å²) in [5, 5.41) is 13.3. The standard InChI is InChI=1S/C17H19N3O2/c1-13-4-2-3-5-16(13)20-11-15(10-18-20)14-6-8-19(9-7-14)12-17(21)22/h2-6,10-11H,7-9,12H2,1H3,(H,21,22). The van der Waals surface area contributed by atoms with Gasteiger partial charge in [-0.3, -0.25) is 9.69 Å². The van der Waals surface area contributed by atoms with Crippen LogP contribution in [0.25, 0.3) is 11.3 Å². The monoisotopic (exact) mass is 297 g/mol. The molecule has 0 aliphatic carbocycles. The number of hydrogen-bond donors (Lipinski definition) is 1. The van der Waals surface area contributed by atoms with Crippen molar-refractivity contribution in [3.05, 3.63) is 53.9 Å². The molecule has 1 aliphatic rings. The summed E-state index contributed by atoms with van der Waals surface area (Å²) in [6.45, 7) is 3.62. The van der Waals surface area contributed by atoms with Crippen molar-refractivity contribution in [1.29, 1.82) is 0 Å². The Kier molecular flexibility index (Phi) is 4.06. The molecule has 0 unspecified atom stereocenters. The first-order chi connectivity index (χ1) is 10.6. The predicted molar refractivity (Wildman–Crippen MR) is 85.0 cm³/mol. The first-order valence-corrected chi connectivity index (χ1v) is 7.38. The van der Waals surface area contributed by atoms with Crippen molar-refractivity contribution in [3.8, 4) is 5.69 Å². The zero-order chi connectivity index (χ0) is 15.5. The minimum atomic E-state index is -0.774. The molecule has 22 heavy (non-hydrogen) atoms. The molecular weight excluding hydrogens is 278 g/mol. The number of carboxylic acids is 1. The van der Waals surface area contributed by atoms with Crippen molar-refractivity contribution in [2.75, 3.05) is 19.6 Å². The van der Waals surface area contributed by atoms with Crippen LogP contribution in [0.5, 0.6) is 0 Å². The van der Waals surface area contributed by atoms with Gasteiger partial charge in [0.25, 0.3) is 0 Å². The van der Waals surface area contributed by atoms with Crippen molar-refractivity contribution in [1.82, 2.24) is 14.7 Å². The molecule has 0 bridgehead atoms. The van der Waals surface area contributed by atoms with Crippen LogP contribution in [0.1, 0.15) is 17.5 Å². The van der Waals surface area contributed by atoms with Gasteiger partial charge in [-0.2, -0.15) is 5.10 Å². The quantitative estimate of drug-likeness (QED) is 0.941. The van der Waals surface area contributed by atoms with Gasteiger partial charge in [-0.05, 0) is 30.5 Å². The number of aromatic nitrogens is 2. The molecule has 0 saturated carbocycles. The highest BCUT2D eigenvalue weighted by Gasteiger charge is 2.16. The van der Waals surface area contributed by atoms with Gasteiger partial charge in [-0.15, -0.1) is 0 Å². The van der Waals surface area contributed by atoms with Crippen LogP contribution in [0.3, 0.4) is 0 Å². The Morgan fingerprint density at radius 1 is 1.36 bits per heavy atom. The maximum atomic E-state index is 10.7. The lowest BCUT2D eigenvalue weighted by atomic mass is 10.0. The van der Waals surface area contributed by atoms with Crippen molar-refractivity contribution in [2.45, 2.75) is 13.3 Å². The van der Waals surface area contributed by atoms with Crippen LogP contribution < -0.4 is 0 Å². The summed E-state index contributed by atoms with van der Waals surface area (Å²) in [6, 6.07) is 8.15. The van der Waals surface area contributed by atoms with Crippen LogP contribution in [-0.2, 0) is 4.79 Å². The lowest BCUT2D eigenvalue weighted by Gasteiger charge is -2.24. The molecule has 3 rings (SSSR count). The topological polar surface area (TPSA) is 58.4 Å². The number of hydrogen-bond acceptors (Lipinski definition) is 3. The molecule has 5 nitrogen and oxygen atoms in total. The summed E-state index contributed by atoms with van der Waals surface area (Å²) in [4.78, 5) is 12.7. The van der Waals surface area contributed by atoms with Crippen molar-refractivity contribution < 1.29 is 9.90 Å². The number of benzene rings is 1. The average molecular weight is 297 g/mol. The van der Waals surface area contributed by atoms with E-state index in [0.717, 1.165) is 24.2 Å². The van der Waals surface area contributed by atoms with Gasteiger partial charge in [0, 0.05) is 24.8 Å². The van der Waals surface area contributed by atoms with Crippen molar-refractivity contribution in [2.24, 2.45) is 0 Å². The fourth-order valence-electron chi connectivity index (χ4n) is 2.75. The maximum Gasteiger partial charge on any atom is 0.317 e. The Morgan fingerprint density at radius 3 is 2.86 bits per heavy atom. The molecule has 0 saturated heterocycles. The summed E-state index contributed by atoms with van der Waals surface area (Å²) in [6.07, 6.45) is 6.88. The van der Waals surface area contributed by atoms with E-state index in [0.29, 0.717) is 6.54 Å². The maximum absolute atomic E-state index is 10.7. The third kappa shape index (κ3) is 3.09. The van der Waals surface area contributed by atoms with Gasteiger partial charge in [0.2, 0.25) is 0 Å². The first kappa shape index (κ1) is 14.5. The number of aryl methyl sites for hydroxylation is 1. The summed E-state index contributed by atoms with van der Waals surface area (Å²) in [5.74, 6) is -0.774. The van der Waals surface area contributed by atoms with Crippen LogP contribution in [0.4, 0.5) is 0 Å². The molecule has 114 valence electrons. The molecule has 0 atom stereocenters. The highest BCUT2D eigenvalue weighted by molar-refractivity contribution is 5.70. The lowest BCUT2D eigenvalue weighted by Crippen LogP contribution is -2.33. The zero-order valence-electron chi connectivity index (χ0n) is 12.6. The number of para-hydroxylation sites is 1.